The first-order valence-electron chi connectivity index (χ1n) is 16.2. The maximum Gasteiger partial charge on any atom is 0.415 e. The molecule has 0 bridgehead atoms. The Bertz CT molecular complexity index is 1450. The van der Waals surface area contributed by atoms with Crippen LogP contribution in [0.25, 0.3) is 0 Å². The molecule has 1 heterocycles. The highest BCUT2D eigenvalue weighted by Gasteiger charge is 2.67. The van der Waals surface area contributed by atoms with Crippen molar-refractivity contribution >= 4 is 17.8 Å². The van der Waals surface area contributed by atoms with Crippen LogP contribution in [0.15, 0.2) is 46.3 Å². The molecule has 6 rings (SSSR count). The fraction of sp³-hybridized carbons (Fsp3) is 0.649. The molecule has 4 fully saturated rings. The average Bonchev–Trinajstić information content (AvgIpc) is 3.52. The van der Waals surface area contributed by atoms with E-state index in [0.29, 0.717) is 19.0 Å². The maximum atomic E-state index is 13.6. The number of amides is 1. The number of hydrogen-bond donors (Lipinski definition) is 0. The molecule has 0 unspecified atom stereocenters. The number of ether oxygens (including phenoxy) is 2. The summed E-state index contributed by atoms with van der Waals surface area (Å²) in [5.74, 6) is 2.58. The molecule has 0 spiro atoms. The number of fused-ring (bicyclic) bond motifs is 7. The van der Waals surface area contributed by atoms with Crippen LogP contribution < -0.4 is 0 Å². The molecule has 6 atom stereocenters. The van der Waals surface area contributed by atoms with Crippen LogP contribution in [0, 0.1) is 45.3 Å². The molecule has 1 saturated heterocycles. The number of hydrogen-bond acceptors (Lipinski definition) is 5. The van der Waals surface area contributed by atoms with E-state index in [1.807, 2.05) is 6.92 Å². The largest absolute Gasteiger partial charge is 0.452 e. The van der Waals surface area contributed by atoms with Gasteiger partial charge in [0, 0.05) is 24.1 Å². The van der Waals surface area contributed by atoms with E-state index >= 15 is 0 Å². The third-order valence-corrected chi connectivity index (χ3v) is 13.2. The second kappa shape index (κ2) is 9.98. The lowest BCUT2D eigenvalue weighted by Gasteiger charge is -2.70. The summed E-state index contributed by atoms with van der Waals surface area (Å²) in [5.41, 5.74) is 3.40. The fourth-order valence-electron chi connectivity index (χ4n) is 10.1. The zero-order valence-corrected chi connectivity index (χ0v) is 26.9. The number of carbonyl (C=O) groups is 3. The predicted molar refractivity (Wildman–Crippen MR) is 165 cm³/mol. The van der Waals surface area contributed by atoms with Crippen LogP contribution in [0.2, 0.25) is 0 Å². The summed E-state index contributed by atoms with van der Waals surface area (Å²) in [4.78, 5) is 41.3. The Labute approximate surface area is 257 Å². The number of nitrogens with zero attached hydrogens (tertiary/aromatic N) is 1. The lowest BCUT2D eigenvalue weighted by Crippen LogP contribution is -2.62. The summed E-state index contributed by atoms with van der Waals surface area (Å²) >= 11 is 0. The highest BCUT2D eigenvalue weighted by molar-refractivity contribution is 6.08. The zero-order valence-electron chi connectivity index (χ0n) is 26.9. The van der Waals surface area contributed by atoms with Gasteiger partial charge in [-0.2, -0.15) is 0 Å². The Kier molecular flexibility index (Phi) is 6.95. The van der Waals surface area contributed by atoms with Crippen LogP contribution in [-0.2, 0) is 19.1 Å². The first-order chi connectivity index (χ1) is 20.2. The minimum Gasteiger partial charge on any atom is -0.452 e. The van der Waals surface area contributed by atoms with E-state index in [4.69, 9.17) is 15.9 Å². The van der Waals surface area contributed by atoms with Gasteiger partial charge in [0.1, 0.15) is 0 Å². The van der Waals surface area contributed by atoms with E-state index < -0.39 is 11.5 Å². The summed E-state index contributed by atoms with van der Waals surface area (Å²) in [5, 5.41) is 0. The molecule has 43 heavy (non-hydrogen) atoms. The lowest BCUT2D eigenvalue weighted by atomic mass is 9.34. The Balaban J connectivity index is 1.36. The van der Waals surface area contributed by atoms with Gasteiger partial charge in [-0.1, -0.05) is 51.3 Å². The smallest absolute Gasteiger partial charge is 0.415 e. The number of esters is 1. The molecule has 230 valence electrons. The number of carbonyl (C=O) groups excluding carboxylic acids is 3. The molecule has 6 nitrogen and oxygen atoms in total. The minimum atomic E-state index is -0.541. The second-order valence-corrected chi connectivity index (χ2v) is 15.4. The van der Waals surface area contributed by atoms with E-state index in [2.05, 4.69) is 52.7 Å². The third kappa shape index (κ3) is 4.24. The van der Waals surface area contributed by atoms with E-state index in [9.17, 15) is 14.4 Å². The molecule has 0 aromatic carbocycles. The first-order valence-corrected chi connectivity index (χ1v) is 16.2. The van der Waals surface area contributed by atoms with Crippen LogP contribution in [-0.4, -0.2) is 42.4 Å². The fourth-order valence-corrected chi connectivity index (χ4v) is 10.1. The van der Waals surface area contributed by atoms with E-state index in [-0.39, 0.29) is 45.8 Å². The summed E-state index contributed by atoms with van der Waals surface area (Å²) < 4.78 is 11.2. The Morgan fingerprint density at radius 3 is 2.40 bits per heavy atom. The van der Waals surface area contributed by atoms with Crippen molar-refractivity contribution in [3.8, 4) is 12.3 Å². The van der Waals surface area contributed by atoms with Crippen molar-refractivity contribution in [3.05, 3.63) is 46.3 Å². The van der Waals surface area contributed by atoms with E-state index in [1.165, 1.54) is 5.57 Å². The van der Waals surface area contributed by atoms with Gasteiger partial charge in [-0.15, -0.1) is 6.42 Å². The SMILES string of the molecule is C#CCOC(=O)[C@]1(C)CC[C@]2(C)CC[C@]3(C)C4=CC=C5C(=CC(=O)C(OC(=O)N6CCCC6)=C5C)[C@]4(C)CC[C@@]3(C)[C@@H]2C1. The van der Waals surface area contributed by atoms with Crippen molar-refractivity contribution in [2.45, 2.75) is 99.3 Å². The van der Waals surface area contributed by atoms with Crippen molar-refractivity contribution in [2.24, 2.45) is 33.0 Å². The third-order valence-electron chi connectivity index (χ3n) is 13.2. The van der Waals surface area contributed by atoms with Crippen molar-refractivity contribution in [3.63, 3.8) is 0 Å². The molecular weight excluding hydrogens is 538 g/mol. The van der Waals surface area contributed by atoms with Gasteiger partial charge in [-0.25, -0.2) is 4.79 Å². The number of allylic oxidation sites excluding steroid dienone is 7. The van der Waals surface area contributed by atoms with Crippen molar-refractivity contribution in [1.29, 1.82) is 0 Å². The Morgan fingerprint density at radius 2 is 1.70 bits per heavy atom. The first kappa shape index (κ1) is 30.0. The van der Waals surface area contributed by atoms with Crippen molar-refractivity contribution in [2.75, 3.05) is 19.7 Å². The quantitative estimate of drug-likeness (QED) is 0.254. The average molecular weight is 586 g/mol. The lowest BCUT2D eigenvalue weighted by molar-refractivity contribution is -0.181. The van der Waals surface area contributed by atoms with E-state index in [0.717, 1.165) is 74.5 Å². The number of ketones is 1. The van der Waals surface area contributed by atoms with Crippen LogP contribution in [0.1, 0.15) is 99.3 Å². The van der Waals surface area contributed by atoms with Crippen LogP contribution in [0.3, 0.4) is 0 Å². The number of rotatable bonds is 3. The highest BCUT2D eigenvalue weighted by atomic mass is 16.6. The number of likely N-dealkylation sites (tertiary alicyclic amines) is 1. The standard InChI is InChI=1S/C37H47NO5/c1-8-21-42-31(40)34(4)14-13-33(3)15-17-36(6)28-12-11-25-24(2)30(43-32(41)38-19-9-10-20-38)27(39)22-26(25)35(28,5)16-18-37(36,7)29(33)23-34/h1,11-12,22,29H,9-10,13-21,23H2,2-7H3/t29-,33-,34-,35+,36-,37+/m1/s1. The van der Waals surface area contributed by atoms with Gasteiger partial charge in [0.25, 0.3) is 0 Å². The molecule has 6 heteroatoms. The highest BCUT2D eigenvalue weighted by Crippen LogP contribution is 2.75. The summed E-state index contributed by atoms with van der Waals surface area (Å²) in [6, 6.07) is 0. The van der Waals surface area contributed by atoms with Crippen molar-refractivity contribution in [1.82, 2.24) is 4.90 Å². The molecular formula is C37H47NO5. The molecule has 1 aliphatic heterocycles. The van der Waals surface area contributed by atoms with Gasteiger partial charge in [0.2, 0.25) is 5.78 Å². The maximum absolute atomic E-state index is 13.6. The topological polar surface area (TPSA) is 72.9 Å². The summed E-state index contributed by atoms with van der Waals surface area (Å²) in [7, 11) is 0. The second-order valence-electron chi connectivity index (χ2n) is 15.4. The Morgan fingerprint density at radius 1 is 1.00 bits per heavy atom. The van der Waals surface area contributed by atoms with Gasteiger partial charge in [-0.3, -0.25) is 9.59 Å². The normalized spacial score (nSPS) is 40.1. The summed E-state index contributed by atoms with van der Waals surface area (Å²) in [6.07, 6.45) is 19.9. The number of terminal acetylenes is 1. The monoisotopic (exact) mass is 585 g/mol. The molecule has 0 radical (unpaired) electrons. The molecule has 0 aromatic heterocycles. The molecule has 3 saturated carbocycles. The van der Waals surface area contributed by atoms with Crippen molar-refractivity contribution < 1.29 is 23.9 Å². The zero-order chi connectivity index (χ0) is 31.0. The van der Waals surface area contributed by atoms with Gasteiger partial charge in [0.05, 0.1) is 5.41 Å². The van der Waals surface area contributed by atoms with Gasteiger partial charge in [-0.05, 0) is 111 Å². The molecule has 6 aliphatic rings. The molecule has 1 amide bonds. The minimum absolute atomic E-state index is 0.0200. The van der Waals surface area contributed by atoms with Gasteiger partial charge >= 0.3 is 12.1 Å². The molecule has 5 aliphatic carbocycles. The van der Waals surface area contributed by atoms with Crippen LogP contribution in [0.4, 0.5) is 4.79 Å². The molecule has 0 N–H and O–H groups in total. The van der Waals surface area contributed by atoms with Crippen LogP contribution >= 0.6 is 0 Å². The van der Waals surface area contributed by atoms with Gasteiger partial charge in [0.15, 0.2) is 12.4 Å². The Hall–Kier alpha value is -3.07. The van der Waals surface area contributed by atoms with E-state index in [1.54, 1.807) is 11.0 Å². The predicted octanol–water partition coefficient (Wildman–Crippen LogP) is 7.46. The van der Waals surface area contributed by atoms with Crippen LogP contribution in [0.5, 0.6) is 0 Å². The van der Waals surface area contributed by atoms with Gasteiger partial charge < -0.3 is 14.4 Å². The molecule has 0 aromatic rings. The summed E-state index contributed by atoms with van der Waals surface area (Å²) in [6.45, 7) is 15.0.